The maximum Gasteiger partial charge on any atom is 0.138 e. The highest BCUT2D eigenvalue weighted by Crippen LogP contribution is 2.28. The summed E-state index contributed by atoms with van der Waals surface area (Å²) in [6.07, 6.45) is 6.30. The van der Waals surface area contributed by atoms with Crippen LogP contribution < -0.4 is 10.6 Å². The molecular weight excluding hydrogens is 248 g/mol. The van der Waals surface area contributed by atoms with Crippen LogP contribution in [0.25, 0.3) is 0 Å². The van der Waals surface area contributed by atoms with Gasteiger partial charge in [-0.1, -0.05) is 40.5 Å². The van der Waals surface area contributed by atoms with Gasteiger partial charge < -0.3 is 10.6 Å². The molecule has 0 radical (unpaired) electrons. The average molecular weight is 276 g/mol. The molecule has 20 heavy (non-hydrogen) atoms. The first-order valence-corrected chi connectivity index (χ1v) is 7.83. The van der Waals surface area contributed by atoms with Crippen molar-refractivity contribution < 1.29 is 0 Å². The summed E-state index contributed by atoms with van der Waals surface area (Å²) >= 11 is 0. The van der Waals surface area contributed by atoms with E-state index in [0.717, 1.165) is 24.6 Å². The lowest BCUT2D eigenvalue weighted by Crippen LogP contribution is -2.35. The Bertz CT molecular complexity index is 450. The Morgan fingerprint density at radius 1 is 1.25 bits per heavy atom. The van der Waals surface area contributed by atoms with E-state index in [0.29, 0.717) is 11.9 Å². The van der Waals surface area contributed by atoms with Crippen LogP contribution in [0.1, 0.15) is 65.6 Å². The maximum atomic E-state index is 6.01. The maximum absolute atomic E-state index is 6.01. The van der Waals surface area contributed by atoms with Crippen LogP contribution in [0.2, 0.25) is 0 Å². The highest BCUT2D eigenvalue weighted by atomic mass is 15.2. The molecule has 1 aromatic rings. The first kappa shape index (κ1) is 15.1. The van der Waals surface area contributed by atoms with E-state index in [9.17, 15) is 0 Å². The van der Waals surface area contributed by atoms with E-state index in [1.54, 1.807) is 0 Å². The molecule has 2 N–H and O–H groups in total. The number of hydrogen-bond acceptors (Lipinski definition) is 4. The minimum absolute atomic E-state index is 0.0717. The topological polar surface area (TPSA) is 55.0 Å². The fourth-order valence-corrected chi connectivity index (χ4v) is 2.84. The Morgan fingerprint density at radius 3 is 2.65 bits per heavy atom. The lowest BCUT2D eigenvalue weighted by atomic mass is 9.95. The van der Waals surface area contributed by atoms with Crippen molar-refractivity contribution in [2.45, 2.75) is 71.3 Å². The van der Waals surface area contributed by atoms with E-state index >= 15 is 0 Å². The van der Waals surface area contributed by atoms with Gasteiger partial charge in [0.2, 0.25) is 0 Å². The summed E-state index contributed by atoms with van der Waals surface area (Å²) in [6, 6.07) is 2.52. The van der Waals surface area contributed by atoms with Crippen molar-refractivity contribution in [3.8, 4) is 0 Å². The van der Waals surface area contributed by atoms with Crippen molar-refractivity contribution >= 4 is 11.6 Å². The Labute approximate surface area is 122 Å². The number of anilines is 2. The lowest BCUT2D eigenvalue weighted by Gasteiger charge is -2.31. The first-order valence-electron chi connectivity index (χ1n) is 7.83. The third-order valence-corrected chi connectivity index (χ3v) is 4.05. The van der Waals surface area contributed by atoms with Crippen LogP contribution in [-0.2, 0) is 5.41 Å². The molecule has 1 atom stereocenters. The second-order valence-corrected chi connectivity index (χ2v) is 6.83. The predicted molar refractivity (Wildman–Crippen MR) is 85.0 cm³/mol. The summed E-state index contributed by atoms with van der Waals surface area (Å²) in [4.78, 5) is 11.7. The van der Waals surface area contributed by atoms with Crippen molar-refractivity contribution in [1.29, 1.82) is 0 Å². The van der Waals surface area contributed by atoms with Gasteiger partial charge in [-0.25, -0.2) is 9.97 Å². The summed E-state index contributed by atoms with van der Waals surface area (Å²) in [5, 5.41) is 0. The fourth-order valence-electron chi connectivity index (χ4n) is 2.84. The van der Waals surface area contributed by atoms with Gasteiger partial charge in [0.25, 0.3) is 0 Å². The van der Waals surface area contributed by atoms with Crippen molar-refractivity contribution in [3.63, 3.8) is 0 Å². The number of rotatable bonds is 2. The molecule has 1 fully saturated rings. The van der Waals surface area contributed by atoms with Crippen LogP contribution >= 0.6 is 0 Å². The normalized spacial score (nSPS) is 20.8. The minimum atomic E-state index is -0.0717. The zero-order chi connectivity index (χ0) is 14.8. The summed E-state index contributed by atoms with van der Waals surface area (Å²) in [5.41, 5.74) is 5.94. The third-order valence-electron chi connectivity index (χ3n) is 4.05. The van der Waals surface area contributed by atoms with Crippen LogP contribution in [0.3, 0.4) is 0 Å². The van der Waals surface area contributed by atoms with Crippen LogP contribution in [0, 0.1) is 0 Å². The van der Waals surface area contributed by atoms with Gasteiger partial charge in [0, 0.05) is 24.1 Å². The van der Waals surface area contributed by atoms with E-state index in [1.807, 2.05) is 6.07 Å². The van der Waals surface area contributed by atoms with Gasteiger partial charge in [-0.15, -0.1) is 0 Å². The molecule has 0 bridgehead atoms. The Kier molecular flexibility index (Phi) is 4.51. The summed E-state index contributed by atoms with van der Waals surface area (Å²) in [5.74, 6) is 2.43. The Morgan fingerprint density at radius 2 is 2.00 bits per heavy atom. The van der Waals surface area contributed by atoms with Gasteiger partial charge >= 0.3 is 0 Å². The van der Waals surface area contributed by atoms with E-state index < -0.39 is 0 Å². The number of nitrogens with two attached hydrogens (primary N) is 1. The number of hydrogen-bond donors (Lipinski definition) is 1. The van der Waals surface area contributed by atoms with Gasteiger partial charge in [-0.3, -0.25) is 0 Å². The van der Waals surface area contributed by atoms with Crippen molar-refractivity contribution in [2.24, 2.45) is 0 Å². The summed E-state index contributed by atoms with van der Waals surface area (Å²) < 4.78 is 0. The molecule has 0 amide bonds. The van der Waals surface area contributed by atoms with Gasteiger partial charge in [-0.2, -0.15) is 0 Å². The molecule has 1 aromatic heterocycles. The number of nitrogen functional groups attached to an aromatic ring is 1. The molecule has 2 rings (SSSR count). The molecule has 112 valence electrons. The molecule has 4 nitrogen and oxygen atoms in total. The van der Waals surface area contributed by atoms with E-state index in [2.05, 4.69) is 37.6 Å². The average Bonchev–Trinajstić information content (AvgIpc) is 2.61. The molecule has 0 aromatic carbocycles. The largest absolute Gasteiger partial charge is 0.384 e. The van der Waals surface area contributed by atoms with E-state index in [1.165, 1.54) is 25.7 Å². The monoisotopic (exact) mass is 276 g/mol. The van der Waals surface area contributed by atoms with Gasteiger partial charge in [0.1, 0.15) is 17.5 Å². The standard InChI is InChI=1S/C16H28N4/c1-5-12-9-7-6-8-10-20(12)14-11-13(17)18-15(19-14)16(2,3)4/h11-12H,5-10H2,1-4H3,(H2,17,18,19). The molecule has 0 saturated carbocycles. The van der Waals surface area contributed by atoms with Gasteiger partial charge in [-0.05, 0) is 19.3 Å². The fraction of sp³-hybridized carbons (Fsp3) is 0.750. The van der Waals surface area contributed by atoms with E-state index in [-0.39, 0.29) is 5.41 Å². The van der Waals surface area contributed by atoms with Crippen LogP contribution in [0.15, 0.2) is 6.07 Å². The lowest BCUT2D eigenvalue weighted by molar-refractivity contribution is 0.530. The minimum Gasteiger partial charge on any atom is -0.384 e. The smallest absolute Gasteiger partial charge is 0.138 e. The van der Waals surface area contributed by atoms with Crippen LogP contribution in [-0.4, -0.2) is 22.6 Å². The molecule has 1 saturated heterocycles. The van der Waals surface area contributed by atoms with Crippen molar-refractivity contribution in [3.05, 3.63) is 11.9 Å². The summed E-state index contributed by atoms with van der Waals surface area (Å²) in [6.45, 7) is 9.73. The second-order valence-electron chi connectivity index (χ2n) is 6.83. The summed E-state index contributed by atoms with van der Waals surface area (Å²) in [7, 11) is 0. The van der Waals surface area contributed by atoms with Crippen LogP contribution in [0.5, 0.6) is 0 Å². The molecule has 4 heteroatoms. The van der Waals surface area contributed by atoms with E-state index in [4.69, 9.17) is 10.7 Å². The number of aromatic nitrogens is 2. The van der Waals surface area contributed by atoms with Crippen LogP contribution in [0.4, 0.5) is 11.6 Å². The SMILES string of the molecule is CCC1CCCCCN1c1cc(N)nc(C(C)(C)C)n1. The number of nitrogens with zero attached hydrogens (tertiary/aromatic N) is 3. The zero-order valence-electron chi connectivity index (χ0n) is 13.3. The first-order chi connectivity index (χ1) is 9.41. The molecule has 1 aliphatic rings. The molecule has 0 spiro atoms. The zero-order valence-corrected chi connectivity index (χ0v) is 13.3. The van der Waals surface area contributed by atoms with Gasteiger partial charge in [0.05, 0.1) is 0 Å². The molecule has 2 heterocycles. The second kappa shape index (κ2) is 5.98. The quantitative estimate of drug-likeness (QED) is 0.898. The Hall–Kier alpha value is -1.32. The molecule has 0 aliphatic carbocycles. The third kappa shape index (κ3) is 3.41. The molecule has 1 unspecified atom stereocenters. The molecular formula is C16H28N4. The van der Waals surface area contributed by atoms with Crippen molar-refractivity contribution in [1.82, 2.24) is 9.97 Å². The molecule has 1 aliphatic heterocycles. The van der Waals surface area contributed by atoms with Gasteiger partial charge in [0.15, 0.2) is 0 Å². The predicted octanol–water partition coefficient (Wildman–Crippen LogP) is 3.52. The van der Waals surface area contributed by atoms with Crippen molar-refractivity contribution in [2.75, 3.05) is 17.2 Å². The highest BCUT2D eigenvalue weighted by molar-refractivity contribution is 5.48. The highest BCUT2D eigenvalue weighted by Gasteiger charge is 2.24. The Balaban J connectivity index is 2.37.